The van der Waals surface area contributed by atoms with Crippen LogP contribution < -0.4 is 0 Å². The van der Waals surface area contributed by atoms with Gasteiger partial charge in [0.25, 0.3) is 0 Å². The third kappa shape index (κ3) is 14.0. The summed E-state index contributed by atoms with van der Waals surface area (Å²) in [4.78, 5) is 0. The summed E-state index contributed by atoms with van der Waals surface area (Å²) in [6.07, 6.45) is -44.4. The van der Waals surface area contributed by atoms with E-state index in [0.29, 0.717) is 0 Å². The van der Waals surface area contributed by atoms with Crippen LogP contribution in [0.3, 0.4) is 0 Å². The number of alkyl halides is 20. The summed E-state index contributed by atoms with van der Waals surface area (Å²) in [6, 6.07) is 0. The van der Waals surface area contributed by atoms with Gasteiger partial charge in [0.15, 0.2) is 0 Å². The Balaban J connectivity index is 8.27. The van der Waals surface area contributed by atoms with Crippen LogP contribution in [0.15, 0.2) is 0 Å². The molecule has 0 heterocycles. The van der Waals surface area contributed by atoms with Gasteiger partial charge in [0, 0.05) is 0 Å². The van der Waals surface area contributed by atoms with Crippen molar-refractivity contribution in [2.24, 2.45) is 11.8 Å². The van der Waals surface area contributed by atoms with Crippen molar-refractivity contribution in [1.82, 2.24) is 0 Å². The molecule has 1 nitrogen and oxygen atoms in total. The van der Waals surface area contributed by atoms with E-state index in [1.807, 2.05) is 0 Å². The molecule has 47 heavy (non-hydrogen) atoms. The topological polar surface area (TPSA) is 9.23 Å². The normalized spacial score (nSPS) is 15.7. The fourth-order valence-corrected chi connectivity index (χ4v) is 53.9. The van der Waals surface area contributed by atoms with E-state index < -0.39 is 150 Å². The van der Waals surface area contributed by atoms with Crippen LogP contribution in [0.2, 0.25) is 8.87 Å². The molecule has 0 aliphatic carbocycles. The Bertz CT molecular complexity index is 830. The summed E-state index contributed by atoms with van der Waals surface area (Å²) in [6.45, 7) is 2.99. The Morgan fingerprint density at radius 1 is 0.340 bits per heavy atom. The number of hydrogen-bond acceptors (Lipinski definition) is 1. The Kier molecular flexibility index (Phi) is 15.9. The Hall–Kier alpha value is 0.157. The molecule has 0 aromatic rings. The van der Waals surface area contributed by atoms with Gasteiger partial charge in [-0.2, -0.15) is 0 Å². The second-order valence-corrected chi connectivity index (χ2v) is 36.8. The van der Waals surface area contributed by atoms with Gasteiger partial charge < -0.3 is 0 Å². The molecule has 0 aromatic carbocycles. The Morgan fingerprint density at radius 2 is 0.511 bits per heavy atom. The molecule has 0 N–H and O–H groups in total. The van der Waals surface area contributed by atoms with Crippen molar-refractivity contribution in [3.05, 3.63) is 0 Å². The van der Waals surface area contributed by atoms with Crippen LogP contribution in [0.25, 0.3) is 0 Å². The van der Waals surface area contributed by atoms with Gasteiger partial charge in [-0.15, -0.1) is 0 Å². The third-order valence-corrected chi connectivity index (χ3v) is 46.6. The molecule has 0 aromatic heterocycles. The van der Waals surface area contributed by atoms with Crippen LogP contribution >= 0.6 is 0 Å². The third-order valence-electron chi connectivity index (χ3n) is 6.99. The van der Waals surface area contributed by atoms with E-state index in [-0.39, 0.29) is 0 Å². The number of halogens is 20. The average Bonchev–Trinajstić information content (AvgIpc) is 2.80. The van der Waals surface area contributed by atoms with E-state index in [0.717, 1.165) is 27.7 Å². The first-order valence-corrected chi connectivity index (χ1v) is 25.9. The molecular weight excluding hydrogens is 922 g/mol. The van der Waals surface area contributed by atoms with E-state index >= 15 is 35.1 Å². The summed E-state index contributed by atoms with van der Waals surface area (Å²) in [5.74, 6) is -3.43. The minimum absolute atomic E-state index is 0.748. The zero-order valence-electron chi connectivity index (χ0n) is 25.2. The van der Waals surface area contributed by atoms with Gasteiger partial charge in [-0.1, -0.05) is 0 Å². The standard InChI is InChI=1S/4C4H4F5.2C4H9.O.2Sn/c4*5-3(6)1-2-4(7,8)9;2*1-4(2)3;;;/h4*1-2H2;2*4H,1H2,2-3H3;;;. The summed E-state index contributed by atoms with van der Waals surface area (Å²) in [5, 5.41) is 0. The van der Waals surface area contributed by atoms with Gasteiger partial charge in [0.05, 0.1) is 0 Å². The van der Waals surface area contributed by atoms with E-state index in [1.165, 1.54) is 0 Å². The van der Waals surface area contributed by atoms with Crippen molar-refractivity contribution in [2.45, 2.75) is 128 Å². The fraction of sp³-hybridized carbons (Fsp3) is 1.00. The molecule has 0 aliphatic heterocycles. The van der Waals surface area contributed by atoms with E-state index in [1.54, 1.807) is 0 Å². The maximum atomic E-state index is 16.0. The van der Waals surface area contributed by atoms with Crippen molar-refractivity contribution in [3.63, 3.8) is 0 Å². The molecule has 0 spiro atoms. The van der Waals surface area contributed by atoms with Crippen LogP contribution in [-0.2, 0) is 1.41 Å². The van der Waals surface area contributed by atoms with Crippen LogP contribution in [0.1, 0.15) is 79.1 Å². The van der Waals surface area contributed by atoms with Crippen molar-refractivity contribution >= 4 is 37.6 Å². The summed E-state index contributed by atoms with van der Waals surface area (Å²) >= 11 is -17.7. The number of rotatable bonds is 18. The van der Waals surface area contributed by atoms with Crippen LogP contribution in [0.5, 0.6) is 0 Å². The Morgan fingerprint density at radius 3 is 0.638 bits per heavy atom. The molecule has 0 saturated carbocycles. The van der Waals surface area contributed by atoms with Crippen molar-refractivity contribution in [2.75, 3.05) is 0 Å². The first kappa shape index (κ1) is 47.2. The van der Waals surface area contributed by atoms with Gasteiger partial charge in [-0.25, -0.2) is 0 Å². The van der Waals surface area contributed by atoms with Gasteiger partial charge in [0.1, 0.15) is 0 Å². The second kappa shape index (κ2) is 15.8. The first-order valence-electron chi connectivity index (χ1n) is 13.8. The molecule has 0 bridgehead atoms. The van der Waals surface area contributed by atoms with Gasteiger partial charge in [-0.3, -0.25) is 0 Å². The zero-order chi connectivity index (χ0) is 37.9. The van der Waals surface area contributed by atoms with Gasteiger partial charge in [0.2, 0.25) is 0 Å². The van der Waals surface area contributed by atoms with E-state index in [2.05, 4.69) is 0 Å². The molecule has 0 aliphatic rings. The first-order chi connectivity index (χ1) is 20.4. The van der Waals surface area contributed by atoms with Crippen LogP contribution in [-0.4, -0.2) is 78.0 Å². The SMILES string of the molecule is CC(C)[CH2][Sn]([O][Sn]([CH2]C(C)C)([C](F)(F)CCC(F)(F)F)[C](F)(F)CCC(F)(F)F)([C](F)(F)CCC(F)(F)F)[C](F)(F)CCC(F)(F)F. The molecule has 0 radical (unpaired) electrons. The van der Waals surface area contributed by atoms with Crippen molar-refractivity contribution in [3.8, 4) is 0 Å². The molecule has 0 rings (SSSR count). The molecule has 0 atom stereocenters. The summed E-state index contributed by atoms with van der Waals surface area (Å²) in [5.41, 5.74) is 0. The predicted molar refractivity (Wildman–Crippen MR) is 133 cm³/mol. The van der Waals surface area contributed by atoms with Gasteiger partial charge in [-0.05, 0) is 0 Å². The molecule has 0 saturated heterocycles. The van der Waals surface area contributed by atoms with Crippen molar-refractivity contribution < 1.29 is 89.2 Å². The fourth-order valence-electron chi connectivity index (χ4n) is 4.96. The molecular formula is C24H34F20OSn2. The molecule has 284 valence electrons. The predicted octanol–water partition coefficient (Wildman–Crippen LogP) is 12.3. The van der Waals surface area contributed by atoms with E-state index in [4.69, 9.17) is 1.41 Å². The van der Waals surface area contributed by atoms with Crippen LogP contribution in [0.4, 0.5) is 87.8 Å². The zero-order valence-corrected chi connectivity index (χ0v) is 30.9. The average molecular weight is 956 g/mol. The quantitative estimate of drug-likeness (QED) is 0.0983. The van der Waals surface area contributed by atoms with Crippen LogP contribution in [0, 0.1) is 11.8 Å². The second-order valence-electron chi connectivity index (χ2n) is 12.2. The molecule has 23 heteroatoms. The molecule has 0 amide bonds. The molecule has 0 unspecified atom stereocenters. The van der Waals surface area contributed by atoms with Gasteiger partial charge >= 0.3 is 267 Å². The Labute approximate surface area is 266 Å². The minimum atomic E-state index is -8.85. The molecule has 0 fully saturated rings. The maximum absolute atomic E-state index is 16.0. The number of hydrogen-bond donors (Lipinski definition) is 0. The monoisotopic (exact) mass is 958 g/mol. The van der Waals surface area contributed by atoms with E-state index in [9.17, 15) is 52.7 Å². The summed E-state index contributed by atoms with van der Waals surface area (Å²) < 4.78 is 262. The van der Waals surface area contributed by atoms with Crippen molar-refractivity contribution in [1.29, 1.82) is 0 Å². The summed E-state index contributed by atoms with van der Waals surface area (Å²) in [7, 11) is 0.